The molecule has 2 aromatic rings. The third kappa shape index (κ3) is 5.87. The highest BCUT2D eigenvalue weighted by Gasteiger charge is 2.23. The van der Waals surface area contributed by atoms with Crippen molar-refractivity contribution in [3.05, 3.63) is 53.6 Å². The maximum Gasteiger partial charge on any atom is 0.241 e. The molecule has 1 atom stereocenters. The quantitative estimate of drug-likeness (QED) is 0.674. The number of anilines is 1. The zero-order valence-corrected chi connectivity index (χ0v) is 18.2. The number of benzene rings is 2. The summed E-state index contributed by atoms with van der Waals surface area (Å²) < 4.78 is 36.1. The number of rotatable bonds is 9. The van der Waals surface area contributed by atoms with Gasteiger partial charge in [0, 0.05) is 6.07 Å². The largest absolute Gasteiger partial charge is 0.497 e. The van der Waals surface area contributed by atoms with Gasteiger partial charge in [-0.25, -0.2) is 8.42 Å². The van der Waals surface area contributed by atoms with Crippen LogP contribution in [-0.2, 0) is 14.8 Å². The molecule has 7 nitrogen and oxygen atoms in total. The van der Waals surface area contributed by atoms with Crippen molar-refractivity contribution in [1.29, 1.82) is 0 Å². The molecule has 1 amide bonds. The van der Waals surface area contributed by atoms with Gasteiger partial charge in [0.25, 0.3) is 0 Å². The zero-order chi connectivity index (χ0) is 21.6. The average Bonchev–Trinajstić information content (AvgIpc) is 2.69. The lowest BCUT2D eigenvalue weighted by Crippen LogP contribution is -2.41. The highest BCUT2D eigenvalue weighted by atomic mass is 32.2. The zero-order valence-electron chi connectivity index (χ0n) is 17.4. The van der Waals surface area contributed by atoms with Gasteiger partial charge < -0.3 is 14.8 Å². The van der Waals surface area contributed by atoms with Crippen LogP contribution in [0.25, 0.3) is 0 Å². The van der Waals surface area contributed by atoms with E-state index in [1.165, 1.54) is 7.11 Å². The van der Waals surface area contributed by atoms with Gasteiger partial charge >= 0.3 is 0 Å². The number of amides is 1. The van der Waals surface area contributed by atoms with E-state index < -0.39 is 15.9 Å². The summed E-state index contributed by atoms with van der Waals surface area (Å²) in [6.07, 6.45) is 1.74. The first-order chi connectivity index (χ1) is 13.7. The van der Waals surface area contributed by atoms with Crippen molar-refractivity contribution in [1.82, 2.24) is 5.32 Å². The van der Waals surface area contributed by atoms with Crippen molar-refractivity contribution in [2.75, 3.05) is 31.3 Å². The minimum atomic E-state index is -3.66. The molecule has 0 aliphatic carbocycles. The lowest BCUT2D eigenvalue weighted by Gasteiger charge is -2.24. The summed E-state index contributed by atoms with van der Waals surface area (Å²) in [6, 6.07) is 12.1. The Morgan fingerprint density at radius 3 is 2.41 bits per heavy atom. The number of nitrogens with one attached hydrogen (secondary N) is 1. The van der Waals surface area contributed by atoms with Crippen LogP contribution in [0.1, 0.15) is 30.5 Å². The molecule has 0 aromatic heterocycles. The summed E-state index contributed by atoms with van der Waals surface area (Å²) in [4.78, 5) is 12.7. The van der Waals surface area contributed by atoms with Gasteiger partial charge in [-0.3, -0.25) is 9.10 Å². The Morgan fingerprint density at radius 2 is 1.86 bits per heavy atom. The second-order valence-electron chi connectivity index (χ2n) is 6.73. The number of nitrogens with zero attached hydrogens (tertiary/aromatic N) is 1. The molecule has 2 aromatic carbocycles. The predicted molar refractivity (Wildman–Crippen MR) is 114 cm³/mol. The standard InChI is InChI=1S/C21H28N2O5S/c1-6-19(16-10-11-20(28-4)15(2)12-16)22-21(24)14-23(29(5,25)26)17-8-7-9-18(13-17)27-3/h7-13,19H,6,14H2,1-5H3,(H,22,24)/t19-/m1/s1. The van der Waals surface area contributed by atoms with Crippen LogP contribution in [0.2, 0.25) is 0 Å². The molecule has 0 unspecified atom stereocenters. The van der Waals surface area contributed by atoms with E-state index in [1.807, 2.05) is 32.0 Å². The van der Waals surface area contributed by atoms with E-state index in [4.69, 9.17) is 9.47 Å². The van der Waals surface area contributed by atoms with Gasteiger partial charge in [-0.1, -0.05) is 25.1 Å². The van der Waals surface area contributed by atoms with Gasteiger partial charge in [-0.2, -0.15) is 0 Å². The van der Waals surface area contributed by atoms with Gasteiger partial charge in [0.1, 0.15) is 18.0 Å². The molecule has 29 heavy (non-hydrogen) atoms. The molecule has 158 valence electrons. The first kappa shape index (κ1) is 22.5. The Hall–Kier alpha value is -2.74. The highest BCUT2D eigenvalue weighted by molar-refractivity contribution is 7.92. The molecule has 0 fully saturated rings. The molecule has 0 saturated carbocycles. The molecule has 0 radical (unpaired) electrons. The third-order valence-corrected chi connectivity index (χ3v) is 5.73. The van der Waals surface area contributed by atoms with Gasteiger partial charge in [0.2, 0.25) is 15.9 Å². The van der Waals surface area contributed by atoms with Crippen LogP contribution >= 0.6 is 0 Å². The van der Waals surface area contributed by atoms with Crippen LogP contribution in [0.5, 0.6) is 11.5 Å². The molecule has 0 aliphatic rings. The van der Waals surface area contributed by atoms with E-state index in [1.54, 1.807) is 31.4 Å². The number of hydrogen-bond acceptors (Lipinski definition) is 5. The Morgan fingerprint density at radius 1 is 1.14 bits per heavy atom. The van der Waals surface area contributed by atoms with E-state index in [2.05, 4.69) is 5.32 Å². The van der Waals surface area contributed by atoms with Gasteiger partial charge in [0.15, 0.2) is 0 Å². The fourth-order valence-electron chi connectivity index (χ4n) is 3.08. The lowest BCUT2D eigenvalue weighted by atomic mass is 10.0. The van der Waals surface area contributed by atoms with Crippen molar-refractivity contribution >= 4 is 21.6 Å². The number of hydrogen-bond donors (Lipinski definition) is 1. The van der Waals surface area contributed by atoms with E-state index in [9.17, 15) is 13.2 Å². The van der Waals surface area contributed by atoms with Crippen LogP contribution in [0, 0.1) is 6.92 Å². The molecule has 0 saturated heterocycles. The lowest BCUT2D eigenvalue weighted by molar-refractivity contribution is -0.120. The smallest absolute Gasteiger partial charge is 0.241 e. The summed E-state index contributed by atoms with van der Waals surface area (Å²) in [5.74, 6) is 0.895. The first-order valence-electron chi connectivity index (χ1n) is 9.25. The maximum atomic E-state index is 12.7. The molecule has 1 N–H and O–H groups in total. The number of ether oxygens (including phenoxy) is 2. The SMILES string of the molecule is CC[C@@H](NC(=O)CN(c1cccc(OC)c1)S(C)(=O)=O)c1ccc(OC)c(C)c1. The number of carbonyl (C=O) groups is 1. The van der Waals surface area contributed by atoms with Crippen molar-refractivity contribution in [2.24, 2.45) is 0 Å². The minimum Gasteiger partial charge on any atom is -0.497 e. The predicted octanol–water partition coefficient (Wildman–Crippen LogP) is 3.05. The number of carbonyl (C=O) groups excluding carboxylic acids is 1. The summed E-state index contributed by atoms with van der Waals surface area (Å²) in [7, 11) is -0.551. The first-order valence-corrected chi connectivity index (χ1v) is 11.1. The van der Waals surface area contributed by atoms with Crippen molar-refractivity contribution < 1.29 is 22.7 Å². The van der Waals surface area contributed by atoms with Gasteiger partial charge in [-0.15, -0.1) is 0 Å². The normalized spacial score (nSPS) is 12.2. The summed E-state index contributed by atoms with van der Waals surface area (Å²) in [5.41, 5.74) is 2.27. The fraction of sp³-hybridized carbons (Fsp3) is 0.381. The van der Waals surface area contributed by atoms with E-state index in [-0.39, 0.29) is 12.6 Å². The second-order valence-corrected chi connectivity index (χ2v) is 8.64. The van der Waals surface area contributed by atoms with Gasteiger partial charge in [0.05, 0.1) is 32.2 Å². The minimum absolute atomic E-state index is 0.237. The van der Waals surface area contributed by atoms with Gasteiger partial charge in [-0.05, 0) is 42.7 Å². The average molecular weight is 421 g/mol. The topological polar surface area (TPSA) is 84.9 Å². The fourth-order valence-corrected chi connectivity index (χ4v) is 3.92. The van der Waals surface area contributed by atoms with E-state index in [0.717, 1.165) is 27.4 Å². The van der Waals surface area contributed by atoms with Crippen molar-refractivity contribution in [3.8, 4) is 11.5 Å². The third-order valence-electron chi connectivity index (χ3n) is 4.59. The van der Waals surface area contributed by atoms with Crippen LogP contribution < -0.4 is 19.1 Å². The van der Waals surface area contributed by atoms with E-state index >= 15 is 0 Å². The molecule has 0 bridgehead atoms. The molecule has 0 aliphatic heterocycles. The number of methoxy groups -OCH3 is 2. The molecule has 0 heterocycles. The number of aryl methyl sites for hydroxylation is 1. The van der Waals surface area contributed by atoms with Crippen LogP contribution in [-0.4, -0.2) is 41.3 Å². The van der Waals surface area contributed by atoms with Crippen molar-refractivity contribution in [2.45, 2.75) is 26.3 Å². The van der Waals surface area contributed by atoms with Crippen LogP contribution in [0.15, 0.2) is 42.5 Å². The van der Waals surface area contributed by atoms with Crippen LogP contribution in [0.3, 0.4) is 0 Å². The molecular weight excluding hydrogens is 392 g/mol. The second kappa shape index (κ2) is 9.65. The maximum absolute atomic E-state index is 12.7. The van der Waals surface area contributed by atoms with E-state index in [0.29, 0.717) is 17.9 Å². The summed E-state index contributed by atoms with van der Waals surface area (Å²) in [6.45, 7) is 3.57. The Balaban J connectivity index is 2.21. The summed E-state index contributed by atoms with van der Waals surface area (Å²) in [5, 5.41) is 2.93. The Kier molecular flexibility index (Phi) is 7.50. The molecule has 0 spiro atoms. The van der Waals surface area contributed by atoms with Crippen LogP contribution in [0.4, 0.5) is 5.69 Å². The number of sulfonamides is 1. The highest BCUT2D eigenvalue weighted by Crippen LogP contribution is 2.25. The Labute approximate surface area is 172 Å². The molecule has 2 rings (SSSR count). The molecular formula is C21H28N2O5S. The summed E-state index contributed by atoms with van der Waals surface area (Å²) >= 11 is 0. The Bertz CT molecular complexity index is 959. The molecule has 8 heteroatoms. The van der Waals surface area contributed by atoms with Crippen molar-refractivity contribution in [3.63, 3.8) is 0 Å². The monoisotopic (exact) mass is 420 g/mol.